The molecule has 68 valence electrons. The van der Waals surface area contributed by atoms with Gasteiger partial charge in [-0.3, -0.25) is 4.79 Å². The summed E-state index contributed by atoms with van der Waals surface area (Å²) >= 11 is 3.69. The lowest BCUT2D eigenvalue weighted by Gasteiger charge is -2.10. The number of nitriles is 1. The Labute approximate surface area is 94.1 Å². The van der Waals surface area contributed by atoms with Gasteiger partial charge in [0, 0.05) is 12.4 Å². The van der Waals surface area contributed by atoms with Crippen molar-refractivity contribution in [1.82, 2.24) is 4.90 Å². The number of amides is 1. The van der Waals surface area contributed by atoms with E-state index in [1.54, 1.807) is 12.4 Å². The molecule has 1 heterocycles. The summed E-state index contributed by atoms with van der Waals surface area (Å²) in [4.78, 5) is 12.9. The van der Waals surface area contributed by atoms with Gasteiger partial charge in [-0.15, -0.1) is 11.3 Å². The zero-order valence-corrected chi connectivity index (χ0v) is 9.92. The number of nitrogens with zero attached hydrogens (tertiary/aromatic N) is 2. The van der Waals surface area contributed by atoms with Crippen LogP contribution in [0.5, 0.6) is 0 Å². The van der Waals surface area contributed by atoms with Crippen LogP contribution in [-0.2, 0) is 0 Å². The van der Waals surface area contributed by atoms with E-state index in [-0.39, 0.29) is 12.5 Å². The third kappa shape index (κ3) is 2.67. The van der Waals surface area contributed by atoms with Crippen LogP contribution in [0.3, 0.4) is 0 Å². The van der Waals surface area contributed by atoms with E-state index in [9.17, 15) is 4.79 Å². The minimum Gasteiger partial charge on any atom is -0.328 e. The van der Waals surface area contributed by atoms with Crippen molar-refractivity contribution in [2.75, 3.05) is 13.6 Å². The molecular formula is C8H7IN2OS. The van der Waals surface area contributed by atoms with E-state index in [0.29, 0.717) is 5.56 Å². The quantitative estimate of drug-likeness (QED) is 0.619. The molecule has 0 unspecified atom stereocenters. The Hall–Kier alpha value is -0.610. The van der Waals surface area contributed by atoms with Gasteiger partial charge in [0.15, 0.2) is 0 Å². The average Bonchev–Trinajstić information content (AvgIpc) is 2.51. The molecule has 1 amide bonds. The second-order valence-electron chi connectivity index (χ2n) is 2.46. The highest BCUT2D eigenvalue weighted by molar-refractivity contribution is 14.1. The van der Waals surface area contributed by atoms with Crippen LogP contribution in [0, 0.1) is 14.2 Å². The number of rotatable bonds is 2. The first-order chi connectivity index (χ1) is 6.15. The molecule has 3 nitrogen and oxygen atoms in total. The molecule has 0 spiro atoms. The van der Waals surface area contributed by atoms with Gasteiger partial charge in [0.25, 0.3) is 5.91 Å². The third-order valence-electron chi connectivity index (χ3n) is 1.47. The first-order valence-corrected chi connectivity index (χ1v) is 5.47. The van der Waals surface area contributed by atoms with Crippen molar-refractivity contribution in [2.45, 2.75) is 0 Å². The average molecular weight is 306 g/mol. The standard InChI is InChI=1S/C8H7IN2OS/c1-11(3-2-10)8(12)6-4-7(9)13-5-6/h4-5H,3H2,1H3. The molecule has 0 aliphatic rings. The maximum absolute atomic E-state index is 11.5. The predicted octanol–water partition coefficient (Wildman–Crippen LogP) is 1.95. The summed E-state index contributed by atoms with van der Waals surface area (Å²) in [7, 11) is 1.62. The first kappa shape index (κ1) is 10.5. The van der Waals surface area contributed by atoms with E-state index < -0.39 is 0 Å². The monoisotopic (exact) mass is 306 g/mol. The van der Waals surface area contributed by atoms with Crippen LogP contribution >= 0.6 is 33.9 Å². The summed E-state index contributed by atoms with van der Waals surface area (Å²) in [5.74, 6) is -0.0966. The molecule has 0 bridgehead atoms. The zero-order valence-electron chi connectivity index (χ0n) is 6.95. The van der Waals surface area contributed by atoms with Gasteiger partial charge < -0.3 is 4.90 Å². The van der Waals surface area contributed by atoms with Crippen LogP contribution < -0.4 is 0 Å². The molecule has 13 heavy (non-hydrogen) atoms. The van der Waals surface area contributed by atoms with Crippen molar-refractivity contribution < 1.29 is 4.79 Å². The normalized spacial score (nSPS) is 9.31. The molecular weight excluding hydrogens is 299 g/mol. The third-order valence-corrected chi connectivity index (χ3v) is 3.26. The molecule has 1 rings (SSSR count). The number of halogens is 1. The van der Waals surface area contributed by atoms with Crippen molar-refractivity contribution >= 4 is 39.8 Å². The first-order valence-electron chi connectivity index (χ1n) is 3.51. The van der Waals surface area contributed by atoms with Crippen LogP contribution in [0.25, 0.3) is 0 Å². The van der Waals surface area contributed by atoms with Crippen molar-refractivity contribution in [3.63, 3.8) is 0 Å². The zero-order chi connectivity index (χ0) is 9.84. The van der Waals surface area contributed by atoms with Gasteiger partial charge in [-0.05, 0) is 28.7 Å². The molecule has 1 aromatic rings. The Bertz CT molecular complexity index is 355. The molecule has 0 saturated heterocycles. The predicted molar refractivity (Wildman–Crippen MR) is 59.6 cm³/mol. The summed E-state index contributed by atoms with van der Waals surface area (Å²) in [5, 5.41) is 10.2. The van der Waals surface area contributed by atoms with Crippen molar-refractivity contribution in [3.05, 3.63) is 19.9 Å². The van der Waals surface area contributed by atoms with E-state index in [1.165, 1.54) is 16.2 Å². The van der Waals surface area contributed by atoms with Crippen molar-refractivity contribution in [2.24, 2.45) is 0 Å². The van der Waals surface area contributed by atoms with E-state index in [0.717, 1.165) is 2.88 Å². The Morgan fingerprint density at radius 3 is 3.00 bits per heavy atom. The molecule has 0 radical (unpaired) electrons. The summed E-state index contributed by atoms with van der Waals surface area (Å²) in [6.45, 7) is 0.130. The minimum atomic E-state index is -0.0966. The largest absolute Gasteiger partial charge is 0.328 e. The number of thiophene rings is 1. The van der Waals surface area contributed by atoms with E-state index in [4.69, 9.17) is 5.26 Å². The Morgan fingerprint density at radius 2 is 2.54 bits per heavy atom. The smallest absolute Gasteiger partial charge is 0.255 e. The summed E-state index contributed by atoms with van der Waals surface area (Å²) in [6, 6.07) is 3.75. The molecule has 0 aromatic carbocycles. The Balaban J connectivity index is 2.74. The van der Waals surface area contributed by atoms with E-state index in [1.807, 2.05) is 12.1 Å². The highest BCUT2D eigenvalue weighted by Gasteiger charge is 2.12. The topological polar surface area (TPSA) is 44.1 Å². The Kier molecular flexibility index (Phi) is 3.69. The second-order valence-corrected chi connectivity index (χ2v) is 5.26. The highest BCUT2D eigenvalue weighted by atomic mass is 127. The van der Waals surface area contributed by atoms with Crippen LogP contribution in [0.15, 0.2) is 11.4 Å². The molecule has 0 atom stereocenters. The van der Waals surface area contributed by atoms with E-state index in [2.05, 4.69) is 22.6 Å². The fourth-order valence-corrected chi connectivity index (χ4v) is 2.14. The van der Waals surface area contributed by atoms with Crippen LogP contribution in [0.4, 0.5) is 0 Å². The van der Waals surface area contributed by atoms with Gasteiger partial charge >= 0.3 is 0 Å². The number of hydrogen-bond acceptors (Lipinski definition) is 3. The molecule has 0 aliphatic carbocycles. The fourth-order valence-electron chi connectivity index (χ4n) is 0.820. The second kappa shape index (κ2) is 4.58. The molecule has 0 N–H and O–H groups in total. The maximum Gasteiger partial charge on any atom is 0.255 e. The minimum absolute atomic E-state index is 0.0966. The summed E-state index contributed by atoms with van der Waals surface area (Å²) in [6.07, 6.45) is 0. The maximum atomic E-state index is 11.5. The van der Waals surface area contributed by atoms with Gasteiger partial charge in [-0.25, -0.2) is 0 Å². The van der Waals surface area contributed by atoms with Gasteiger partial charge in [0.2, 0.25) is 0 Å². The van der Waals surface area contributed by atoms with Gasteiger partial charge in [-0.2, -0.15) is 5.26 Å². The highest BCUT2D eigenvalue weighted by Crippen LogP contribution is 2.17. The van der Waals surface area contributed by atoms with Crippen molar-refractivity contribution in [3.8, 4) is 6.07 Å². The number of carbonyl (C=O) groups excluding carboxylic acids is 1. The fraction of sp³-hybridized carbons (Fsp3) is 0.250. The Morgan fingerprint density at radius 1 is 1.85 bits per heavy atom. The lowest BCUT2D eigenvalue weighted by Crippen LogP contribution is -2.26. The summed E-state index contributed by atoms with van der Waals surface area (Å²) < 4.78 is 1.08. The van der Waals surface area contributed by atoms with E-state index >= 15 is 0 Å². The number of carbonyl (C=O) groups is 1. The molecule has 0 fully saturated rings. The van der Waals surface area contributed by atoms with Crippen LogP contribution in [0.2, 0.25) is 0 Å². The lowest BCUT2D eigenvalue weighted by atomic mass is 10.3. The van der Waals surface area contributed by atoms with Crippen molar-refractivity contribution in [1.29, 1.82) is 5.26 Å². The lowest BCUT2D eigenvalue weighted by molar-refractivity contribution is 0.0812. The summed E-state index contributed by atoms with van der Waals surface area (Å²) in [5.41, 5.74) is 0.659. The number of hydrogen-bond donors (Lipinski definition) is 0. The molecule has 5 heteroatoms. The molecule has 1 aromatic heterocycles. The van der Waals surface area contributed by atoms with Gasteiger partial charge in [0.05, 0.1) is 14.5 Å². The SMILES string of the molecule is CN(CC#N)C(=O)c1csc(I)c1. The molecule has 0 aliphatic heterocycles. The van der Waals surface area contributed by atoms with Crippen LogP contribution in [-0.4, -0.2) is 24.4 Å². The van der Waals surface area contributed by atoms with Gasteiger partial charge in [-0.1, -0.05) is 0 Å². The molecule has 0 saturated carbocycles. The van der Waals surface area contributed by atoms with Crippen LogP contribution in [0.1, 0.15) is 10.4 Å². The van der Waals surface area contributed by atoms with Gasteiger partial charge in [0.1, 0.15) is 6.54 Å².